The maximum atomic E-state index is 13.9. The minimum Gasteiger partial charge on any atom is -0.326 e. The highest BCUT2D eigenvalue weighted by Crippen LogP contribution is 2.30. The summed E-state index contributed by atoms with van der Waals surface area (Å²) in [6, 6.07) is 3.97. The summed E-state index contributed by atoms with van der Waals surface area (Å²) in [4.78, 5) is -0.272. The van der Waals surface area contributed by atoms with Gasteiger partial charge in [0, 0.05) is 19.6 Å². The van der Waals surface area contributed by atoms with Crippen molar-refractivity contribution in [2.24, 2.45) is 11.7 Å². The van der Waals surface area contributed by atoms with Gasteiger partial charge in [0.05, 0.1) is 0 Å². The molecular weight excluding hydrogens is 291 g/mol. The first-order valence-electron chi connectivity index (χ1n) is 7.32. The van der Waals surface area contributed by atoms with Crippen LogP contribution in [0.25, 0.3) is 0 Å². The lowest BCUT2D eigenvalue weighted by Crippen LogP contribution is -2.39. The van der Waals surface area contributed by atoms with Crippen LogP contribution in [-0.4, -0.2) is 25.8 Å². The molecular formula is C15H23FN2O2S. The standard InChI is InChI=1S/C15H23FN2O2S/c1-11-3-6-13(7-4-11)18(2)21(19,20)15-9-12(10-17)5-8-14(15)16/h5,8-9,11,13H,3-4,6-7,10,17H2,1-2H3. The molecule has 21 heavy (non-hydrogen) atoms. The highest BCUT2D eigenvalue weighted by atomic mass is 32.2. The lowest BCUT2D eigenvalue weighted by Gasteiger charge is -2.32. The molecule has 1 saturated carbocycles. The van der Waals surface area contributed by atoms with E-state index in [2.05, 4.69) is 6.92 Å². The third kappa shape index (κ3) is 3.44. The van der Waals surface area contributed by atoms with Crippen LogP contribution in [0.4, 0.5) is 4.39 Å². The molecule has 0 atom stereocenters. The number of rotatable bonds is 4. The molecule has 1 aromatic rings. The largest absolute Gasteiger partial charge is 0.326 e. The predicted octanol–water partition coefficient (Wildman–Crippen LogP) is 2.48. The molecule has 118 valence electrons. The maximum Gasteiger partial charge on any atom is 0.245 e. The molecule has 0 amide bonds. The summed E-state index contributed by atoms with van der Waals surface area (Å²) in [5, 5.41) is 0. The quantitative estimate of drug-likeness (QED) is 0.928. The van der Waals surface area contributed by atoms with Crippen molar-refractivity contribution < 1.29 is 12.8 Å². The first-order chi connectivity index (χ1) is 9.86. The summed E-state index contributed by atoms with van der Waals surface area (Å²) in [5.74, 6) is -0.0853. The van der Waals surface area contributed by atoms with Crippen LogP contribution in [0.15, 0.2) is 23.1 Å². The van der Waals surface area contributed by atoms with Crippen LogP contribution in [0, 0.1) is 11.7 Å². The van der Waals surface area contributed by atoms with Crippen molar-refractivity contribution in [3.63, 3.8) is 0 Å². The molecule has 1 aliphatic rings. The van der Waals surface area contributed by atoms with Crippen molar-refractivity contribution in [1.29, 1.82) is 0 Å². The van der Waals surface area contributed by atoms with E-state index in [-0.39, 0.29) is 17.5 Å². The Hall–Kier alpha value is -0.980. The third-order valence-electron chi connectivity index (χ3n) is 4.39. The van der Waals surface area contributed by atoms with E-state index in [0.717, 1.165) is 25.7 Å². The molecule has 0 aliphatic heterocycles. The van der Waals surface area contributed by atoms with Gasteiger partial charge in [-0.2, -0.15) is 4.31 Å². The summed E-state index contributed by atoms with van der Waals surface area (Å²) in [5.41, 5.74) is 6.13. The van der Waals surface area contributed by atoms with Crippen molar-refractivity contribution >= 4 is 10.0 Å². The summed E-state index contributed by atoms with van der Waals surface area (Å²) in [7, 11) is -2.27. The summed E-state index contributed by atoms with van der Waals surface area (Å²) in [6.07, 6.45) is 3.68. The van der Waals surface area contributed by atoms with Crippen molar-refractivity contribution in [3.8, 4) is 0 Å². The van der Waals surface area contributed by atoms with Gasteiger partial charge in [0.2, 0.25) is 10.0 Å². The molecule has 0 aromatic heterocycles. The highest BCUT2D eigenvalue weighted by Gasteiger charge is 2.32. The number of nitrogens with zero attached hydrogens (tertiary/aromatic N) is 1. The first kappa shape index (κ1) is 16.4. The Balaban J connectivity index is 2.29. The smallest absolute Gasteiger partial charge is 0.245 e. The van der Waals surface area contributed by atoms with Crippen molar-refractivity contribution in [3.05, 3.63) is 29.6 Å². The summed E-state index contributed by atoms with van der Waals surface area (Å²) < 4.78 is 40.6. The zero-order valence-corrected chi connectivity index (χ0v) is 13.4. The van der Waals surface area contributed by atoms with E-state index >= 15 is 0 Å². The average Bonchev–Trinajstić information content (AvgIpc) is 2.47. The molecule has 0 spiro atoms. The van der Waals surface area contributed by atoms with Crippen molar-refractivity contribution in [2.45, 2.75) is 50.1 Å². The van der Waals surface area contributed by atoms with E-state index in [0.29, 0.717) is 11.5 Å². The second-order valence-electron chi connectivity index (χ2n) is 5.90. The third-order valence-corrected chi connectivity index (χ3v) is 6.31. The van der Waals surface area contributed by atoms with Gasteiger partial charge in [0.1, 0.15) is 10.7 Å². The van der Waals surface area contributed by atoms with Gasteiger partial charge in [0.25, 0.3) is 0 Å². The second kappa shape index (κ2) is 6.42. The zero-order valence-electron chi connectivity index (χ0n) is 12.5. The number of nitrogens with two attached hydrogens (primary N) is 1. The molecule has 2 rings (SSSR count). The van der Waals surface area contributed by atoms with Gasteiger partial charge < -0.3 is 5.73 Å². The topological polar surface area (TPSA) is 63.4 Å². The summed E-state index contributed by atoms with van der Waals surface area (Å²) in [6.45, 7) is 2.36. The Morgan fingerprint density at radius 2 is 1.90 bits per heavy atom. The number of halogens is 1. The molecule has 0 saturated heterocycles. The fourth-order valence-corrected chi connectivity index (χ4v) is 4.36. The Morgan fingerprint density at radius 3 is 2.48 bits per heavy atom. The monoisotopic (exact) mass is 314 g/mol. The molecule has 0 heterocycles. The fourth-order valence-electron chi connectivity index (χ4n) is 2.83. The van der Waals surface area contributed by atoms with Crippen LogP contribution in [0.1, 0.15) is 38.2 Å². The van der Waals surface area contributed by atoms with Crippen molar-refractivity contribution in [2.75, 3.05) is 7.05 Å². The molecule has 1 fully saturated rings. The van der Waals surface area contributed by atoms with Gasteiger partial charge in [-0.1, -0.05) is 13.0 Å². The minimum absolute atomic E-state index is 0.0490. The van der Waals surface area contributed by atoms with Gasteiger partial charge in [-0.25, -0.2) is 12.8 Å². The van der Waals surface area contributed by atoms with Crippen LogP contribution in [-0.2, 0) is 16.6 Å². The van der Waals surface area contributed by atoms with Crippen LogP contribution < -0.4 is 5.73 Å². The molecule has 0 unspecified atom stereocenters. The molecule has 0 radical (unpaired) electrons. The van der Waals surface area contributed by atoms with Crippen LogP contribution >= 0.6 is 0 Å². The Morgan fingerprint density at radius 1 is 1.29 bits per heavy atom. The van der Waals surface area contributed by atoms with Crippen molar-refractivity contribution in [1.82, 2.24) is 4.31 Å². The average molecular weight is 314 g/mol. The Bertz CT molecular complexity index is 596. The first-order valence-corrected chi connectivity index (χ1v) is 8.76. The van der Waals surface area contributed by atoms with Gasteiger partial charge in [-0.05, 0) is 49.3 Å². The number of hydrogen-bond acceptors (Lipinski definition) is 3. The van der Waals surface area contributed by atoms with E-state index in [1.54, 1.807) is 7.05 Å². The van der Waals surface area contributed by atoms with Gasteiger partial charge in [-0.3, -0.25) is 0 Å². The lowest BCUT2D eigenvalue weighted by atomic mass is 9.87. The summed E-state index contributed by atoms with van der Waals surface area (Å²) >= 11 is 0. The minimum atomic E-state index is -3.82. The number of hydrogen-bond donors (Lipinski definition) is 1. The molecule has 1 aliphatic carbocycles. The van der Waals surface area contributed by atoms with E-state index in [1.807, 2.05) is 0 Å². The normalized spacial score (nSPS) is 23.5. The Kier molecular flexibility index (Phi) is 5.01. The van der Waals surface area contributed by atoms with E-state index in [4.69, 9.17) is 5.73 Å². The van der Waals surface area contributed by atoms with E-state index < -0.39 is 15.8 Å². The Labute approximate surface area is 126 Å². The van der Waals surface area contributed by atoms with Crippen LogP contribution in [0.2, 0.25) is 0 Å². The lowest BCUT2D eigenvalue weighted by molar-refractivity contribution is 0.245. The van der Waals surface area contributed by atoms with E-state index in [9.17, 15) is 12.8 Å². The zero-order chi connectivity index (χ0) is 15.6. The maximum absolute atomic E-state index is 13.9. The molecule has 1 aromatic carbocycles. The second-order valence-corrected chi connectivity index (χ2v) is 7.87. The molecule has 2 N–H and O–H groups in total. The predicted molar refractivity (Wildman–Crippen MR) is 80.7 cm³/mol. The number of benzene rings is 1. The number of sulfonamides is 1. The highest BCUT2D eigenvalue weighted by molar-refractivity contribution is 7.89. The SMILES string of the molecule is CC1CCC(N(C)S(=O)(=O)c2cc(CN)ccc2F)CC1. The van der Waals surface area contributed by atoms with Crippen LogP contribution in [0.5, 0.6) is 0 Å². The molecule has 4 nitrogen and oxygen atoms in total. The molecule has 6 heteroatoms. The van der Waals surface area contributed by atoms with Gasteiger partial charge >= 0.3 is 0 Å². The van der Waals surface area contributed by atoms with E-state index in [1.165, 1.54) is 22.5 Å². The fraction of sp³-hybridized carbons (Fsp3) is 0.600. The molecule has 0 bridgehead atoms. The van der Waals surface area contributed by atoms with Crippen LogP contribution in [0.3, 0.4) is 0 Å². The van der Waals surface area contributed by atoms with Gasteiger partial charge in [-0.15, -0.1) is 0 Å². The van der Waals surface area contributed by atoms with Gasteiger partial charge in [0.15, 0.2) is 0 Å².